The fraction of sp³-hybridized carbons (Fsp3) is 0.333. The van der Waals surface area contributed by atoms with Crippen LogP contribution in [0.4, 0.5) is 0 Å². The van der Waals surface area contributed by atoms with Gasteiger partial charge >= 0.3 is 0 Å². The average molecular weight is 346 g/mol. The Morgan fingerprint density at radius 3 is 2.58 bits per heavy atom. The lowest BCUT2D eigenvalue weighted by molar-refractivity contribution is 0.0689. The molecule has 4 rings (SSSR count). The topological polar surface area (TPSA) is 59.0 Å². The lowest BCUT2D eigenvalue weighted by atomic mass is 9.89. The van der Waals surface area contributed by atoms with E-state index in [1.54, 1.807) is 12.4 Å². The normalized spacial score (nSPS) is 15.3. The molecule has 5 nitrogen and oxygen atoms in total. The largest absolute Gasteiger partial charge is 0.339 e. The van der Waals surface area contributed by atoms with Crippen LogP contribution in [0.25, 0.3) is 10.9 Å². The molecule has 0 unspecified atom stereocenters. The van der Waals surface area contributed by atoms with Crippen LogP contribution >= 0.6 is 0 Å². The molecular formula is C21H22N4O. The molecule has 3 aromatic rings. The highest BCUT2D eigenvalue weighted by Crippen LogP contribution is 2.25. The number of piperidine rings is 1. The maximum atomic E-state index is 12.6. The van der Waals surface area contributed by atoms with Gasteiger partial charge < -0.3 is 4.90 Å². The number of carbonyl (C=O) groups is 1. The summed E-state index contributed by atoms with van der Waals surface area (Å²) in [5.41, 5.74) is 2.98. The number of likely N-dealkylation sites (tertiary alicyclic amines) is 1. The van der Waals surface area contributed by atoms with Crippen LogP contribution in [0.1, 0.15) is 34.6 Å². The molecule has 5 heteroatoms. The minimum Gasteiger partial charge on any atom is -0.339 e. The summed E-state index contributed by atoms with van der Waals surface area (Å²) in [5.74, 6) is 1.31. The number of rotatable bonds is 3. The number of para-hydroxylation sites is 1. The minimum absolute atomic E-state index is 0.0373. The standard InChI is InChI=1S/C21H22N4O/c1-15-23-13-19(14-24-15)21(26)25-10-7-16(8-11-25)12-18-5-2-4-17-6-3-9-22-20(17)18/h2-6,9,13-14,16H,7-8,10-12H2,1H3. The van der Waals surface area contributed by atoms with Crippen molar-refractivity contribution in [2.75, 3.05) is 13.1 Å². The molecule has 0 radical (unpaired) electrons. The van der Waals surface area contributed by atoms with Crippen molar-refractivity contribution in [1.29, 1.82) is 0 Å². The van der Waals surface area contributed by atoms with Gasteiger partial charge in [-0.25, -0.2) is 9.97 Å². The SMILES string of the molecule is Cc1ncc(C(=O)N2CCC(Cc3cccc4cccnc34)CC2)cn1. The quantitative estimate of drug-likeness (QED) is 0.729. The first-order valence-corrected chi connectivity index (χ1v) is 9.11. The van der Waals surface area contributed by atoms with Crippen LogP contribution in [0, 0.1) is 12.8 Å². The molecule has 1 aliphatic rings. The number of hydrogen-bond donors (Lipinski definition) is 0. The van der Waals surface area contributed by atoms with E-state index in [-0.39, 0.29) is 5.91 Å². The summed E-state index contributed by atoms with van der Waals surface area (Å²) in [6, 6.07) is 10.5. The van der Waals surface area contributed by atoms with E-state index in [4.69, 9.17) is 0 Å². The van der Waals surface area contributed by atoms with Gasteiger partial charge in [0.15, 0.2) is 0 Å². The molecule has 0 saturated carbocycles. The summed E-state index contributed by atoms with van der Waals surface area (Å²) in [7, 11) is 0. The Morgan fingerprint density at radius 2 is 1.81 bits per heavy atom. The Labute approximate surface area is 153 Å². The molecular weight excluding hydrogens is 324 g/mol. The smallest absolute Gasteiger partial charge is 0.256 e. The third-order valence-electron chi connectivity index (χ3n) is 5.15. The van der Waals surface area contributed by atoms with Crippen molar-refractivity contribution in [3.05, 3.63) is 65.9 Å². The molecule has 2 aromatic heterocycles. The number of hydrogen-bond acceptors (Lipinski definition) is 4. The molecule has 0 N–H and O–H groups in total. The Bertz CT molecular complexity index is 909. The average Bonchev–Trinajstić information content (AvgIpc) is 2.69. The molecule has 132 valence electrons. The van der Waals surface area contributed by atoms with Crippen molar-refractivity contribution in [3.63, 3.8) is 0 Å². The van der Waals surface area contributed by atoms with Gasteiger partial charge in [0.1, 0.15) is 5.82 Å². The first-order chi connectivity index (χ1) is 12.7. The van der Waals surface area contributed by atoms with Gasteiger partial charge in [-0.15, -0.1) is 0 Å². The zero-order valence-corrected chi connectivity index (χ0v) is 14.9. The Hall–Kier alpha value is -2.82. The predicted octanol–water partition coefficient (Wildman–Crippen LogP) is 3.43. The number of carbonyl (C=O) groups excluding carboxylic acids is 1. The van der Waals surface area contributed by atoms with E-state index in [1.807, 2.05) is 24.1 Å². The molecule has 1 aliphatic heterocycles. The molecule has 26 heavy (non-hydrogen) atoms. The minimum atomic E-state index is 0.0373. The molecule has 0 bridgehead atoms. The van der Waals surface area contributed by atoms with E-state index >= 15 is 0 Å². The number of pyridine rings is 1. The van der Waals surface area contributed by atoms with Gasteiger partial charge in [0.05, 0.1) is 11.1 Å². The third-order valence-corrected chi connectivity index (χ3v) is 5.15. The van der Waals surface area contributed by atoms with Crippen LogP contribution in [0.2, 0.25) is 0 Å². The maximum Gasteiger partial charge on any atom is 0.256 e. The van der Waals surface area contributed by atoms with Gasteiger partial charge in [0.2, 0.25) is 0 Å². The van der Waals surface area contributed by atoms with Gasteiger partial charge in [-0.3, -0.25) is 9.78 Å². The van der Waals surface area contributed by atoms with Gasteiger partial charge in [0.25, 0.3) is 5.91 Å². The second-order valence-corrected chi connectivity index (χ2v) is 6.95. The van der Waals surface area contributed by atoms with Crippen LogP contribution in [-0.4, -0.2) is 38.8 Å². The Morgan fingerprint density at radius 1 is 1.08 bits per heavy atom. The second kappa shape index (κ2) is 7.20. The predicted molar refractivity (Wildman–Crippen MR) is 101 cm³/mol. The van der Waals surface area contributed by atoms with Crippen molar-refractivity contribution in [3.8, 4) is 0 Å². The van der Waals surface area contributed by atoms with Crippen LogP contribution in [0.3, 0.4) is 0 Å². The molecule has 1 saturated heterocycles. The van der Waals surface area contributed by atoms with Gasteiger partial charge in [-0.2, -0.15) is 0 Å². The van der Waals surface area contributed by atoms with Crippen LogP contribution < -0.4 is 0 Å². The van der Waals surface area contributed by atoms with Gasteiger partial charge in [-0.1, -0.05) is 24.3 Å². The van der Waals surface area contributed by atoms with E-state index in [1.165, 1.54) is 10.9 Å². The summed E-state index contributed by atoms with van der Waals surface area (Å²) in [6.07, 6.45) is 8.15. The molecule has 0 aliphatic carbocycles. The molecule has 0 spiro atoms. The first-order valence-electron chi connectivity index (χ1n) is 9.11. The summed E-state index contributed by atoms with van der Waals surface area (Å²) in [5, 5.41) is 1.19. The summed E-state index contributed by atoms with van der Waals surface area (Å²) in [4.78, 5) is 27.3. The van der Waals surface area contributed by atoms with Crippen molar-refractivity contribution >= 4 is 16.8 Å². The van der Waals surface area contributed by atoms with Crippen molar-refractivity contribution in [2.24, 2.45) is 5.92 Å². The maximum absolute atomic E-state index is 12.6. The number of aryl methyl sites for hydroxylation is 1. The van der Waals surface area contributed by atoms with E-state index in [0.29, 0.717) is 17.3 Å². The molecule has 0 atom stereocenters. The van der Waals surface area contributed by atoms with E-state index < -0.39 is 0 Å². The Kier molecular flexibility index (Phi) is 4.61. The van der Waals surface area contributed by atoms with Crippen molar-refractivity contribution < 1.29 is 4.79 Å². The highest BCUT2D eigenvalue weighted by atomic mass is 16.2. The monoisotopic (exact) mass is 346 g/mol. The van der Waals surface area contributed by atoms with Crippen molar-refractivity contribution in [1.82, 2.24) is 19.9 Å². The van der Waals surface area contributed by atoms with Gasteiger partial charge in [0, 0.05) is 37.1 Å². The zero-order valence-electron chi connectivity index (χ0n) is 14.9. The third kappa shape index (κ3) is 3.43. The van der Waals surface area contributed by atoms with Crippen LogP contribution in [-0.2, 0) is 6.42 Å². The molecule has 1 aromatic carbocycles. The number of amides is 1. The second-order valence-electron chi connectivity index (χ2n) is 6.95. The highest BCUT2D eigenvalue weighted by Gasteiger charge is 2.24. The number of fused-ring (bicyclic) bond motifs is 1. The van der Waals surface area contributed by atoms with Crippen LogP contribution in [0.15, 0.2) is 48.9 Å². The molecule has 3 heterocycles. The number of benzene rings is 1. The highest BCUT2D eigenvalue weighted by molar-refractivity contribution is 5.93. The lowest BCUT2D eigenvalue weighted by Gasteiger charge is -2.32. The fourth-order valence-corrected chi connectivity index (χ4v) is 3.67. The summed E-state index contributed by atoms with van der Waals surface area (Å²) in [6.45, 7) is 3.40. The number of aromatic nitrogens is 3. The van der Waals surface area contributed by atoms with E-state index in [9.17, 15) is 4.79 Å². The first kappa shape index (κ1) is 16.6. The van der Waals surface area contributed by atoms with Crippen LogP contribution in [0.5, 0.6) is 0 Å². The lowest BCUT2D eigenvalue weighted by Crippen LogP contribution is -2.39. The van der Waals surface area contributed by atoms with Gasteiger partial charge in [-0.05, 0) is 43.7 Å². The molecule has 1 fully saturated rings. The zero-order chi connectivity index (χ0) is 17.9. The Balaban J connectivity index is 1.40. The number of nitrogens with zero attached hydrogens (tertiary/aromatic N) is 4. The van der Waals surface area contributed by atoms with Crippen molar-refractivity contribution in [2.45, 2.75) is 26.2 Å². The summed E-state index contributed by atoms with van der Waals surface area (Å²) >= 11 is 0. The van der Waals surface area contributed by atoms with E-state index in [0.717, 1.165) is 37.9 Å². The van der Waals surface area contributed by atoms with E-state index in [2.05, 4.69) is 39.2 Å². The summed E-state index contributed by atoms with van der Waals surface area (Å²) < 4.78 is 0. The fourth-order valence-electron chi connectivity index (χ4n) is 3.67. The molecule has 1 amide bonds.